The van der Waals surface area contributed by atoms with Crippen molar-refractivity contribution in [2.75, 3.05) is 0 Å². The van der Waals surface area contributed by atoms with Crippen LogP contribution in [0.5, 0.6) is 0 Å². The highest BCUT2D eigenvalue weighted by molar-refractivity contribution is 6.31. The molecule has 0 aliphatic rings. The molecule has 1 atom stereocenters. The number of nitrogens with one attached hydrogen (secondary N) is 1. The first-order valence-corrected chi connectivity index (χ1v) is 6.94. The second-order valence-electron chi connectivity index (χ2n) is 4.60. The van der Waals surface area contributed by atoms with Crippen molar-refractivity contribution in [1.29, 1.82) is 0 Å². The first-order valence-electron chi connectivity index (χ1n) is 6.18. The van der Waals surface area contributed by atoms with E-state index in [0.29, 0.717) is 21.9 Å². The lowest BCUT2D eigenvalue weighted by Crippen LogP contribution is -2.28. The molecule has 108 valence electrons. The molecule has 3 nitrogen and oxygen atoms in total. The summed E-state index contributed by atoms with van der Waals surface area (Å²) in [5, 5.41) is 1.52. The molecule has 0 spiro atoms. The quantitative estimate of drug-likeness (QED) is 0.553. The van der Waals surface area contributed by atoms with Gasteiger partial charge in [0.05, 0.1) is 5.02 Å². The van der Waals surface area contributed by atoms with E-state index in [1.165, 1.54) is 12.1 Å². The molecule has 3 rings (SSSR count). The van der Waals surface area contributed by atoms with Gasteiger partial charge in [0, 0.05) is 10.4 Å². The molecule has 0 saturated heterocycles. The van der Waals surface area contributed by atoms with E-state index in [2.05, 4.69) is 5.43 Å². The van der Waals surface area contributed by atoms with Gasteiger partial charge in [-0.25, -0.2) is 9.82 Å². The SMILES string of the molecule is NNC(c1ccc(F)c(Cl)c1)c1cc2cc(Cl)ccc2o1. The van der Waals surface area contributed by atoms with Crippen LogP contribution in [0.25, 0.3) is 11.0 Å². The smallest absolute Gasteiger partial charge is 0.141 e. The van der Waals surface area contributed by atoms with Crippen molar-refractivity contribution in [2.24, 2.45) is 5.84 Å². The highest BCUT2D eigenvalue weighted by atomic mass is 35.5. The number of hydrogen-bond donors (Lipinski definition) is 2. The van der Waals surface area contributed by atoms with E-state index >= 15 is 0 Å². The van der Waals surface area contributed by atoms with Crippen LogP contribution in [-0.2, 0) is 0 Å². The molecule has 1 unspecified atom stereocenters. The number of hydrazine groups is 1. The van der Waals surface area contributed by atoms with Gasteiger partial charge < -0.3 is 4.42 Å². The van der Waals surface area contributed by atoms with Crippen molar-refractivity contribution in [2.45, 2.75) is 6.04 Å². The Hall–Kier alpha value is -1.59. The van der Waals surface area contributed by atoms with E-state index in [-0.39, 0.29) is 5.02 Å². The summed E-state index contributed by atoms with van der Waals surface area (Å²) in [6.07, 6.45) is 0. The number of furan rings is 1. The van der Waals surface area contributed by atoms with Gasteiger partial charge in [-0.2, -0.15) is 0 Å². The van der Waals surface area contributed by atoms with Crippen LogP contribution in [0, 0.1) is 5.82 Å². The minimum absolute atomic E-state index is 0.0342. The molecule has 0 amide bonds. The number of benzene rings is 2. The third-order valence-electron chi connectivity index (χ3n) is 3.23. The van der Waals surface area contributed by atoms with Crippen LogP contribution in [0.1, 0.15) is 17.4 Å². The number of hydrogen-bond acceptors (Lipinski definition) is 3. The van der Waals surface area contributed by atoms with Gasteiger partial charge >= 0.3 is 0 Å². The molecule has 0 fully saturated rings. The van der Waals surface area contributed by atoms with Gasteiger partial charge in [-0.1, -0.05) is 29.3 Å². The molecule has 2 aromatic carbocycles. The van der Waals surface area contributed by atoms with Gasteiger partial charge in [0.2, 0.25) is 0 Å². The molecule has 0 saturated carbocycles. The van der Waals surface area contributed by atoms with E-state index in [1.807, 2.05) is 6.07 Å². The maximum atomic E-state index is 13.3. The Kier molecular flexibility index (Phi) is 3.87. The largest absolute Gasteiger partial charge is 0.459 e. The van der Waals surface area contributed by atoms with Crippen LogP contribution in [0.2, 0.25) is 10.0 Å². The van der Waals surface area contributed by atoms with Crippen LogP contribution >= 0.6 is 23.2 Å². The van der Waals surface area contributed by atoms with Gasteiger partial charge in [-0.15, -0.1) is 0 Å². The summed E-state index contributed by atoms with van der Waals surface area (Å²) in [6, 6.07) is 11.1. The zero-order valence-electron chi connectivity index (χ0n) is 10.7. The molecule has 1 aromatic heterocycles. The van der Waals surface area contributed by atoms with E-state index in [9.17, 15) is 4.39 Å². The Morgan fingerprint density at radius 1 is 1.10 bits per heavy atom. The van der Waals surface area contributed by atoms with Crippen LogP contribution < -0.4 is 11.3 Å². The van der Waals surface area contributed by atoms with Gasteiger partial charge in [-0.3, -0.25) is 5.84 Å². The van der Waals surface area contributed by atoms with E-state index in [4.69, 9.17) is 33.5 Å². The number of fused-ring (bicyclic) bond motifs is 1. The maximum absolute atomic E-state index is 13.3. The topological polar surface area (TPSA) is 51.2 Å². The molecule has 3 aromatic rings. The van der Waals surface area contributed by atoms with Crippen molar-refractivity contribution in [3.05, 3.63) is 69.7 Å². The summed E-state index contributed by atoms with van der Waals surface area (Å²) in [6.45, 7) is 0. The third-order valence-corrected chi connectivity index (χ3v) is 3.75. The van der Waals surface area contributed by atoms with Crippen LogP contribution in [0.4, 0.5) is 4.39 Å². The molecule has 21 heavy (non-hydrogen) atoms. The van der Waals surface area contributed by atoms with Gasteiger partial charge in [0.15, 0.2) is 0 Å². The van der Waals surface area contributed by atoms with E-state index < -0.39 is 11.9 Å². The van der Waals surface area contributed by atoms with Crippen molar-refractivity contribution in [3.8, 4) is 0 Å². The highest BCUT2D eigenvalue weighted by Crippen LogP contribution is 2.30. The number of rotatable bonds is 3. The highest BCUT2D eigenvalue weighted by Gasteiger charge is 2.18. The fourth-order valence-electron chi connectivity index (χ4n) is 2.21. The maximum Gasteiger partial charge on any atom is 0.141 e. The molecule has 3 N–H and O–H groups in total. The Labute approximate surface area is 130 Å². The van der Waals surface area contributed by atoms with Crippen molar-refractivity contribution >= 4 is 34.2 Å². The lowest BCUT2D eigenvalue weighted by Gasteiger charge is -2.14. The predicted molar refractivity (Wildman–Crippen MR) is 81.8 cm³/mol. The minimum atomic E-state index is -0.479. The average molecular weight is 325 g/mol. The molecule has 0 bridgehead atoms. The standard InChI is InChI=1S/C15H11Cl2FN2O/c16-10-2-4-13-9(5-10)7-14(21-13)15(20-19)8-1-3-12(18)11(17)6-8/h1-7,15,20H,19H2. The number of nitrogens with two attached hydrogens (primary N) is 1. The molecular formula is C15H11Cl2FN2O. The molecular weight excluding hydrogens is 314 g/mol. The zero-order chi connectivity index (χ0) is 15.0. The second kappa shape index (κ2) is 5.66. The lowest BCUT2D eigenvalue weighted by atomic mass is 10.0. The van der Waals surface area contributed by atoms with Crippen LogP contribution in [-0.4, -0.2) is 0 Å². The van der Waals surface area contributed by atoms with E-state index in [0.717, 1.165) is 5.39 Å². The Bertz CT molecular complexity index is 803. The fourth-order valence-corrected chi connectivity index (χ4v) is 2.58. The second-order valence-corrected chi connectivity index (χ2v) is 5.45. The first kappa shape index (κ1) is 14.4. The minimum Gasteiger partial charge on any atom is -0.459 e. The molecule has 0 aliphatic heterocycles. The Morgan fingerprint density at radius 2 is 1.90 bits per heavy atom. The molecule has 0 radical (unpaired) electrons. The Morgan fingerprint density at radius 3 is 2.62 bits per heavy atom. The van der Waals surface area contributed by atoms with Gasteiger partial charge in [0.25, 0.3) is 0 Å². The summed E-state index contributed by atoms with van der Waals surface area (Å²) in [5.41, 5.74) is 4.05. The van der Waals surface area contributed by atoms with Crippen molar-refractivity contribution < 1.29 is 8.81 Å². The van der Waals surface area contributed by atoms with Crippen molar-refractivity contribution in [1.82, 2.24) is 5.43 Å². The summed E-state index contributed by atoms with van der Waals surface area (Å²) in [7, 11) is 0. The molecule has 6 heteroatoms. The summed E-state index contributed by atoms with van der Waals surface area (Å²) >= 11 is 11.8. The van der Waals surface area contributed by atoms with Crippen LogP contribution in [0.15, 0.2) is 46.9 Å². The summed E-state index contributed by atoms with van der Waals surface area (Å²) < 4.78 is 19.0. The first-order chi connectivity index (χ1) is 10.1. The Balaban J connectivity index is 2.06. The lowest BCUT2D eigenvalue weighted by molar-refractivity contribution is 0.477. The summed E-state index contributed by atoms with van der Waals surface area (Å²) in [4.78, 5) is 0. The summed E-state index contributed by atoms with van der Waals surface area (Å²) in [5.74, 6) is 5.72. The zero-order valence-corrected chi connectivity index (χ0v) is 12.3. The normalized spacial score (nSPS) is 12.8. The predicted octanol–water partition coefficient (Wildman–Crippen LogP) is 4.43. The average Bonchev–Trinajstić information content (AvgIpc) is 2.86. The van der Waals surface area contributed by atoms with Gasteiger partial charge in [-0.05, 0) is 42.0 Å². The monoisotopic (exact) mass is 324 g/mol. The third kappa shape index (κ3) is 2.76. The van der Waals surface area contributed by atoms with Gasteiger partial charge in [0.1, 0.15) is 23.2 Å². The number of halogens is 3. The van der Waals surface area contributed by atoms with Crippen LogP contribution in [0.3, 0.4) is 0 Å². The molecule has 0 aliphatic carbocycles. The molecule has 1 heterocycles. The fraction of sp³-hybridized carbons (Fsp3) is 0.0667. The van der Waals surface area contributed by atoms with Crippen molar-refractivity contribution in [3.63, 3.8) is 0 Å². The van der Waals surface area contributed by atoms with E-state index in [1.54, 1.807) is 24.3 Å².